The lowest BCUT2D eigenvalue weighted by Crippen LogP contribution is -2.22. The summed E-state index contributed by atoms with van der Waals surface area (Å²) in [5.41, 5.74) is -0.216. The van der Waals surface area contributed by atoms with Crippen LogP contribution in [-0.4, -0.2) is 39.3 Å². The van der Waals surface area contributed by atoms with E-state index in [-0.39, 0.29) is 11.3 Å². The van der Waals surface area contributed by atoms with Crippen molar-refractivity contribution in [1.82, 2.24) is 0 Å². The van der Waals surface area contributed by atoms with Crippen molar-refractivity contribution in [2.24, 2.45) is 0 Å². The molecule has 0 aliphatic heterocycles. The Morgan fingerprint density at radius 1 is 1.33 bits per heavy atom. The number of carbonyl (C=O) groups is 1. The SMILES string of the molecule is CS(=O)(=O)CS(=O)(=O)Nc1ccc(/C=C/C(=O)O)c(F)c1. The fourth-order valence-corrected chi connectivity index (χ4v) is 4.35. The first-order chi connectivity index (χ1) is 9.48. The van der Waals surface area contributed by atoms with Gasteiger partial charge in [0.15, 0.2) is 14.9 Å². The molecule has 0 saturated heterocycles. The van der Waals surface area contributed by atoms with E-state index < -0.39 is 36.7 Å². The van der Waals surface area contributed by atoms with Gasteiger partial charge >= 0.3 is 5.97 Å². The average molecular weight is 337 g/mol. The number of hydrogen-bond donors (Lipinski definition) is 2. The van der Waals surface area contributed by atoms with Gasteiger partial charge in [0, 0.05) is 17.9 Å². The van der Waals surface area contributed by atoms with Gasteiger partial charge < -0.3 is 5.11 Å². The van der Waals surface area contributed by atoms with Crippen molar-refractivity contribution in [2.45, 2.75) is 0 Å². The van der Waals surface area contributed by atoms with E-state index in [9.17, 15) is 26.0 Å². The number of benzene rings is 1. The van der Waals surface area contributed by atoms with E-state index >= 15 is 0 Å². The first-order valence-corrected chi connectivity index (χ1v) is 9.08. The van der Waals surface area contributed by atoms with Crippen molar-refractivity contribution in [2.75, 3.05) is 16.1 Å². The Morgan fingerprint density at radius 2 is 1.95 bits per heavy atom. The van der Waals surface area contributed by atoms with Gasteiger partial charge in [-0.1, -0.05) is 0 Å². The van der Waals surface area contributed by atoms with E-state index in [4.69, 9.17) is 5.11 Å². The Hall–Kier alpha value is -1.94. The number of nitrogens with one attached hydrogen (secondary N) is 1. The van der Waals surface area contributed by atoms with E-state index in [1.165, 1.54) is 6.07 Å². The second kappa shape index (κ2) is 6.22. The van der Waals surface area contributed by atoms with Gasteiger partial charge in [0.2, 0.25) is 10.0 Å². The Morgan fingerprint density at radius 3 is 2.43 bits per heavy atom. The second-order valence-corrected chi connectivity index (χ2v) is 8.40. The molecule has 116 valence electrons. The minimum Gasteiger partial charge on any atom is -0.478 e. The van der Waals surface area contributed by atoms with E-state index in [1.807, 2.05) is 4.72 Å². The Bertz CT molecular complexity index is 783. The lowest BCUT2D eigenvalue weighted by Gasteiger charge is -2.08. The van der Waals surface area contributed by atoms with E-state index in [1.54, 1.807) is 0 Å². The number of anilines is 1. The predicted molar refractivity (Wildman–Crippen MR) is 75.3 cm³/mol. The highest BCUT2D eigenvalue weighted by Gasteiger charge is 2.18. The zero-order chi connectivity index (χ0) is 16.3. The van der Waals surface area contributed by atoms with E-state index in [0.29, 0.717) is 0 Å². The quantitative estimate of drug-likeness (QED) is 0.737. The highest BCUT2D eigenvalue weighted by atomic mass is 32.3. The minimum atomic E-state index is -4.16. The molecular weight excluding hydrogens is 325 g/mol. The van der Waals surface area contributed by atoms with Gasteiger partial charge in [-0.2, -0.15) is 0 Å². The summed E-state index contributed by atoms with van der Waals surface area (Å²) < 4.78 is 60.5. The average Bonchev–Trinajstić information content (AvgIpc) is 2.23. The Kier molecular flexibility index (Phi) is 5.07. The molecule has 2 N–H and O–H groups in total. The molecule has 0 spiro atoms. The standard InChI is InChI=1S/C11H12FNO6S2/c1-20(16,17)7-21(18,19)13-9-4-2-8(10(12)6-9)3-5-11(14)15/h2-6,13H,7H2,1H3,(H,14,15)/b5-3+. The summed E-state index contributed by atoms with van der Waals surface area (Å²) >= 11 is 0. The number of aliphatic carboxylic acids is 1. The minimum absolute atomic E-state index is 0.0524. The smallest absolute Gasteiger partial charge is 0.328 e. The van der Waals surface area contributed by atoms with Crippen molar-refractivity contribution in [1.29, 1.82) is 0 Å². The number of carboxylic acid groups (broad SMARTS) is 1. The van der Waals surface area contributed by atoms with Crippen molar-refractivity contribution in [3.8, 4) is 0 Å². The molecule has 0 amide bonds. The summed E-state index contributed by atoms with van der Waals surface area (Å²) in [6.45, 7) is 0. The maximum absolute atomic E-state index is 13.6. The molecule has 10 heteroatoms. The highest BCUT2D eigenvalue weighted by molar-refractivity contribution is 8.08. The van der Waals surface area contributed by atoms with Gasteiger partial charge in [-0.3, -0.25) is 4.72 Å². The molecule has 0 radical (unpaired) electrons. The number of sulfonamides is 1. The molecule has 0 fully saturated rings. The third-order valence-corrected chi connectivity index (χ3v) is 5.55. The van der Waals surface area contributed by atoms with Crippen LogP contribution in [0.2, 0.25) is 0 Å². The van der Waals surface area contributed by atoms with Crippen LogP contribution in [0.25, 0.3) is 6.08 Å². The van der Waals surface area contributed by atoms with Crippen molar-refractivity contribution < 1.29 is 31.1 Å². The van der Waals surface area contributed by atoms with Gasteiger partial charge in [0.05, 0.1) is 5.69 Å². The number of carboxylic acids is 1. The van der Waals surface area contributed by atoms with Crippen LogP contribution >= 0.6 is 0 Å². The third kappa shape index (κ3) is 6.36. The summed E-state index contributed by atoms with van der Waals surface area (Å²) in [5.74, 6) is -2.11. The molecule has 1 aromatic carbocycles. The van der Waals surface area contributed by atoms with Crippen LogP contribution in [-0.2, 0) is 24.7 Å². The first-order valence-electron chi connectivity index (χ1n) is 5.37. The largest absolute Gasteiger partial charge is 0.478 e. The molecule has 7 nitrogen and oxygen atoms in total. The van der Waals surface area contributed by atoms with Gasteiger partial charge in [0.1, 0.15) is 5.82 Å². The number of rotatable bonds is 6. The normalized spacial score (nSPS) is 12.5. The molecule has 1 aromatic rings. The van der Waals surface area contributed by atoms with Gasteiger partial charge in [0.25, 0.3) is 0 Å². The number of hydrogen-bond acceptors (Lipinski definition) is 5. The van der Waals surface area contributed by atoms with Crippen LogP contribution in [0.3, 0.4) is 0 Å². The molecule has 0 unspecified atom stereocenters. The summed E-state index contributed by atoms with van der Waals surface area (Å²) in [6, 6.07) is 3.17. The van der Waals surface area contributed by atoms with Gasteiger partial charge in [-0.25, -0.2) is 26.0 Å². The number of sulfone groups is 1. The molecule has 0 aromatic heterocycles. The third-order valence-electron chi connectivity index (χ3n) is 2.05. The molecule has 0 saturated carbocycles. The summed E-state index contributed by atoms with van der Waals surface area (Å²) in [4.78, 5) is 10.3. The van der Waals surface area contributed by atoms with E-state index in [2.05, 4.69) is 0 Å². The lowest BCUT2D eigenvalue weighted by molar-refractivity contribution is -0.131. The van der Waals surface area contributed by atoms with Crippen molar-refractivity contribution in [3.05, 3.63) is 35.7 Å². The second-order valence-electron chi connectivity index (χ2n) is 4.17. The molecule has 0 aliphatic rings. The zero-order valence-corrected chi connectivity index (χ0v) is 12.4. The van der Waals surface area contributed by atoms with Crippen molar-refractivity contribution >= 4 is 37.6 Å². The van der Waals surface area contributed by atoms with Crippen LogP contribution < -0.4 is 4.72 Å². The predicted octanol–water partition coefficient (Wildman–Crippen LogP) is 0.667. The van der Waals surface area contributed by atoms with Crippen LogP contribution in [0, 0.1) is 5.82 Å². The van der Waals surface area contributed by atoms with Crippen LogP contribution in [0.5, 0.6) is 0 Å². The highest BCUT2D eigenvalue weighted by Crippen LogP contribution is 2.17. The zero-order valence-electron chi connectivity index (χ0n) is 10.8. The maximum Gasteiger partial charge on any atom is 0.328 e. The van der Waals surface area contributed by atoms with Crippen LogP contribution in [0.1, 0.15) is 5.56 Å². The van der Waals surface area contributed by atoms with Crippen LogP contribution in [0.4, 0.5) is 10.1 Å². The molecule has 0 heterocycles. The summed E-state index contributed by atoms with van der Waals surface area (Å²) in [6.07, 6.45) is 2.49. The molecule has 0 atom stereocenters. The summed E-state index contributed by atoms with van der Waals surface area (Å²) in [7, 11) is -7.92. The molecule has 1 rings (SSSR count). The molecule has 0 bridgehead atoms. The van der Waals surface area contributed by atoms with Crippen LogP contribution in [0.15, 0.2) is 24.3 Å². The summed E-state index contributed by atoms with van der Waals surface area (Å²) in [5, 5.41) is 7.30. The topological polar surface area (TPSA) is 118 Å². The fraction of sp³-hybridized carbons (Fsp3) is 0.182. The number of halogens is 1. The molecular formula is C11H12FNO6S2. The Labute approximate surface area is 121 Å². The Balaban J connectivity index is 2.97. The molecule has 21 heavy (non-hydrogen) atoms. The van der Waals surface area contributed by atoms with Crippen molar-refractivity contribution in [3.63, 3.8) is 0 Å². The monoisotopic (exact) mass is 337 g/mol. The maximum atomic E-state index is 13.6. The van der Waals surface area contributed by atoms with Gasteiger partial charge in [-0.15, -0.1) is 0 Å². The fourth-order valence-electron chi connectivity index (χ4n) is 1.38. The first kappa shape index (κ1) is 17.1. The molecule has 0 aliphatic carbocycles. The lowest BCUT2D eigenvalue weighted by atomic mass is 10.2. The van der Waals surface area contributed by atoms with E-state index in [0.717, 1.165) is 30.5 Å². The van der Waals surface area contributed by atoms with Gasteiger partial charge in [-0.05, 0) is 24.3 Å².